The van der Waals surface area contributed by atoms with Crippen molar-refractivity contribution >= 4 is 11.8 Å². The molecule has 3 saturated heterocycles. The molecule has 2 unspecified atom stereocenters. The Morgan fingerprint density at radius 3 is 2.32 bits per heavy atom. The summed E-state index contributed by atoms with van der Waals surface area (Å²) in [5.41, 5.74) is 2.35. The van der Waals surface area contributed by atoms with Gasteiger partial charge in [-0.3, -0.25) is 9.59 Å². The van der Waals surface area contributed by atoms with Crippen LogP contribution in [0.25, 0.3) is 0 Å². The van der Waals surface area contributed by atoms with Crippen molar-refractivity contribution in [2.24, 2.45) is 11.8 Å². The Hall–Kier alpha value is -1.88. The maximum atomic E-state index is 12.7. The van der Waals surface area contributed by atoms with Crippen molar-refractivity contribution in [1.82, 2.24) is 15.5 Å². The fourth-order valence-corrected chi connectivity index (χ4v) is 5.15. The lowest BCUT2D eigenvalue weighted by atomic mass is 9.88. The molecule has 5 heteroatoms. The Kier molecular flexibility index (Phi) is 6.00. The zero-order valence-corrected chi connectivity index (χ0v) is 17.0. The molecule has 4 rings (SSSR count). The minimum Gasteiger partial charge on any atom is -0.352 e. The molecule has 0 saturated carbocycles. The molecule has 2 N–H and O–H groups in total. The van der Waals surface area contributed by atoms with Crippen LogP contribution in [0.5, 0.6) is 0 Å². The number of piperidine rings is 2. The van der Waals surface area contributed by atoms with Gasteiger partial charge in [0.1, 0.15) is 0 Å². The molecule has 1 aromatic rings. The number of amides is 2. The summed E-state index contributed by atoms with van der Waals surface area (Å²) in [4.78, 5) is 27.2. The molecule has 152 valence electrons. The zero-order chi connectivity index (χ0) is 19.5. The quantitative estimate of drug-likeness (QED) is 0.822. The van der Waals surface area contributed by atoms with Crippen LogP contribution >= 0.6 is 0 Å². The number of nitrogens with one attached hydrogen (secondary N) is 2. The maximum Gasteiger partial charge on any atom is 0.223 e. The van der Waals surface area contributed by atoms with Crippen LogP contribution in [-0.4, -0.2) is 41.9 Å². The minimum atomic E-state index is 0.0317. The topological polar surface area (TPSA) is 61.4 Å². The maximum absolute atomic E-state index is 12.7. The Balaban J connectivity index is 1.19. The molecule has 3 fully saturated rings. The van der Waals surface area contributed by atoms with E-state index >= 15 is 0 Å². The molecule has 2 atom stereocenters. The number of nitrogens with zero attached hydrogens (tertiary/aromatic N) is 1. The van der Waals surface area contributed by atoms with Gasteiger partial charge in [0, 0.05) is 44.1 Å². The van der Waals surface area contributed by atoms with Crippen molar-refractivity contribution < 1.29 is 9.59 Å². The van der Waals surface area contributed by atoms with Gasteiger partial charge in [-0.1, -0.05) is 29.8 Å². The molecule has 2 amide bonds. The Morgan fingerprint density at radius 1 is 1.04 bits per heavy atom. The van der Waals surface area contributed by atoms with Crippen LogP contribution < -0.4 is 10.6 Å². The standard InChI is InChI=1S/C23H33N3O2/c1-16-2-4-17(5-3-16)15-24-23(28)19-8-10-26(11-9-19)22(27)14-18-12-20-6-7-21(13-18)25-20/h2-5,18-21,25H,6-15H2,1H3,(H,24,28). The van der Waals surface area contributed by atoms with Crippen LogP contribution in [0.3, 0.4) is 0 Å². The van der Waals surface area contributed by atoms with E-state index in [1.54, 1.807) is 0 Å². The third-order valence-electron chi connectivity index (χ3n) is 6.84. The van der Waals surface area contributed by atoms with E-state index in [1.807, 2.05) is 4.90 Å². The van der Waals surface area contributed by atoms with E-state index in [1.165, 1.54) is 18.4 Å². The van der Waals surface area contributed by atoms with Crippen molar-refractivity contribution in [3.63, 3.8) is 0 Å². The molecule has 1 aromatic carbocycles. The molecule has 3 heterocycles. The van der Waals surface area contributed by atoms with Gasteiger partial charge >= 0.3 is 0 Å². The van der Waals surface area contributed by atoms with Gasteiger partial charge in [-0.05, 0) is 56.9 Å². The second-order valence-corrected chi connectivity index (χ2v) is 9.04. The third kappa shape index (κ3) is 4.75. The van der Waals surface area contributed by atoms with E-state index in [2.05, 4.69) is 41.8 Å². The normalized spacial score (nSPS) is 27.6. The van der Waals surface area contributed by atoms with E-state index in [4.69, 9.17) is 0 Å². The fraction of sp³-hybridized carbons (Fsp3) is 0.652. The van der Waals surface area contributed by atoms with E-state index in [-0.39, 0.29) is 11.8 Å². The molecule has 2 bridgehead atoms. The molecule has 5 nitrogen and oxygen atoms in total. The summed E-state index contributed by atoms with van der Waals surface area (Å²) in [5.74, 6) is 0.999. The highest BCUT2D eigenvalue weighted by Crippen LogP contribution is 2.33. The molecular weight excluding hydrogens is 350 g/mol. The van der Waals surface area contributed by atoms with Crippen LogP contribution in [0.1, 0.15) is 56.1 Å². The Bertz CT molecular complexity index is 682. The minimum absolute atomic E-state index is 0.0317. The van der Waals surface area contributed by atoms with Crippen molar-refractivity contribution in [2.75, 3.05) is 13.1 Å². The number of carbonyl (C=O) groups is 2. The lowest BCUT2D eigenvalue weighted by molar-refractivity contribution is -0.136. The lowest BCUT2D eigenvalue weighted by Crippen LogP contribution is -2.44. The van der Waals surface area contributed by atoms with E-state index in [0.717, 1.165) is 44.3 Å². The summed E-state index contributed by atoms with van der Waals surface area (Å²) >= 11 is 0. The first-order chi connectivity index (χ1) is 13.6. The van der Waals surface area contributed by atoms with Crippen molar-refractivity contribution in [3.05, 3.63) is 35.4 Å². The Labute approximate surface area is 168 Å². The van der Waals surface area contributed by atoms with Gasteiger partial charge in [-0.15, -0.1) is 0 Å². The molecule has 0 radical (unpaired) electrons. The molecule has 3 aliphatic heterocycles. The first-order valence-corrected chi connectivity index (χ1v) is 10.9. The van der Waals surface area contributed by atoms with E-state index < -0.39 is 0 Å². The lowest BCUT2D eigenvalue weighted by Gasteiger charge is -2.34. The van der Waals surface area contributed by atoms with Gasteiger partial charge in [0.15, 0.2) is 0 Å². The van der Waals surface area contributed by atoms with Gasteiger partial charge in [-0.2, -0.15) is 0 Å². The number of benzene rings is 1. The highest BCUT2D eigenvalue weighted by molar-refractivity contribution is 5.80. The number of hydrogen-bond donors (Lipinski definition) is 2. The van der Waals surface area contributed by atoms with Crippen LogP contribution in [0.4, 0.5) is 0 Å². The summed E-state index contributed by atoms with van der Waals surface area (Å²) in [5, 5.41) is 6.71. The average Bonchev–Trinajstić information content (AvgIpc) is 3.05. The number of hydrogen-bond acceptors (Lipinski definition) is 3. The summed E-state index contributed by atoms with van der Waals surface area (Å²) in [6.07, 6.45) is 7.11. The van der Waals surface area contributed by atoms with Crippen molar-refractivity contribution in [1.29, 1.82) is 0 Å². The average molecular weight is 384 g/mol. The fourth-order valence-electron chi connectivity index (χ4n) is 5.15. The molecule has 3 aliphatic rings. The SMILES string of the molecule is Cc1ccc(CNC(=O)C2CCN(C(=O)CC3CC4CCC(C3)N4)CC2)cc1. The summed E-state index contributed by atoms with van der Waals surface area (Å²) in [6, 6.07) is 9.53. The summed E-state index contributed by atoms with van der Waals surface area (Å²) in [7, 11) is 0. The smallest absolute Gasteiger partial charge is 0.223 e. The van der Waals surface area contributed by atoms with Gasteiger partial charge in [0.05, 0.1) is 0 Å². The second kappa shape index (κ2) is 8.64. The van der Waals surface area contributed by atoms with Crippen LogP contribution in [-0.2, 0) is 16.1 Å². The van der Waals surface area contributed by atoms with E-state index in [0.29, 0.717) is 36.9 Å². The van der Waals surface area contributed by atoms with Crippen molar-refractivity contribution in [2.45, 2.75) is 70.5 Å². The van der Waals surface area contributed by atoms with Crippen LogP contribution in [0, 0.1) is 18.8 Å². The van der Waals surface area contributed by atoms with Crippen LogP contribution in [0.2, 0.25) is 0 Å². The summed E-state index contributed by atoms with van der Waals surface area (Å²) in [6.45, 7) is 4.09. The molecule has 0 spiro atoms. The van der Waals surface area contributed by atoms with Gasteiger partial charge in [-0.25, -0.2) is 0 Å². The van der Waals surface area contributed by atoms with Gasteiger partial charge in [0.25, 0.3) is 0 Å². The summed E-state index contributed by atoms with van der Waals surface area (Å²) < 4.78 is 0. The van der Waals surface area contributed by atoms with Gasteiger partial charge < -0.3 is 15.5 Å². The first-order valence-electron chi connectivity index (χ1n) is 10.9. The van der Waals surface area contributed by atoms with Crippen molar-refractivity contribution in [3.8, 4) is 0 Å². The van der Waals surface area contributed by atoms with Gasteiger partial charge in [0.2, 0.25) is 11.8 Å². The van der Waals surface area contributed by atoms with Crippen LogP contribution in [0.15, 0.2) is 24.3 Å². The number of likely N-dealkylation sites (tertiary alicyclic amines) is 1. The molecule has 0 aromatic heterocycles. The number of rotatable bonds is 5. The second-order valence-electron chi connectivity index (χ2n) is 9.04. The predicted octanol–water partition coefficient (Wildman–Crippen LogP) is 2.77. The number of carbonyl (C=O) groups excluding carboxylic acids is 2. The highest BCUT2D eigenvalue weighted by Gasteiger charge is 2.35. The molecule has 28 heavy (non-hydrogen) atoms. The van der Waals surface area contributed by atoms with E-state index in [9.17, 15) is 9.59 Å². The number of fused-ring (bicyclic) bond motifs is 2. The largest absolute Gasteiger partial charge is 0.352 e. The first kappa shape index (κ1) is 19.4. The predicted molar refractivity (Wildman–Crippen MR) is 110 cm³/mol. The molecule has 0 aliphatic carbocycles. The monoisotopic (exact) mass is 383 g/mol. The Morgan fingerprint density at radius 2 is 1.68 bits per heavy atom. The zero-order valence-electron chi connectivity index (χ0n) is 17.0. The number of aryl methyl sites for hydroxylation is 1. The third-order valence-corrected chi connectivity index (χ3v) is 6.84. The molecular formula is C23H33N3O2. The highest BCUT2D eigenvalue weighted by atomic mass is 16.2.